The van der Waals surface area contributed by atoms with Gasteiger partial charge in [-0.2, -0.15) is 5.26 Å². The van der Waals surface area contributed by atoms with Crippen LogP contribution in [0.1, 0.15) is 39.5 Å². The Morgan fingerprint density at radius 3 is 2.59 bits per heavy atom. The molecule has 0 heterocycles. The minimum atomic E-state index is -0.865. The molecule has 0 spiro atoms. The van der Waals surface area contributed by atoms with E-state index in [0.717, 1.165) is 12.5 Å². The summed E-state index contributed by atoms with van der Waals surface area (Å²) in [5.74, 6) is 0.579. The van der Waals surface area contributed by atoms with Crippen LogP contribution in [0.2, 0.25) is 0 Å². The Bertz CT molecular complexity index is 288. The standard InChI is InChI=1S/C13H22N2O2/c1-3-13(4-2,10-14)12(16)15-7-8-17-9-11-5-6-11/h11H,3-9H2,1-2H3,(H,15,16). The minimum absolute atomic E-state index is 0.167. The van der Waals surface area contributed by atoms with Crippen LogP contribution in [-0.4, -0.2) is 25.7 Å². The molecule has 0 aliphatic heterocycles. The van der Waals surface area contributed by atoms with Gasteiger partial charge in [-0.15, -0.1) is 0 Å². The molecule has 0 atom stereocenters. The Hall–Kier alpha value is -1.08. The normalized spacial score (nSPS) is 15.4. The predicted octanol–water partition coefficient (Wildman–Crippen LogP) is 1.86. The van der Waals surface area contributed by atoms with Crippen molar-refractivity contribution < 1.29 is 9.53 Å². The van der Waals surface area contributed by atoms with Crippen molar-refractivity contribution in [2.24, 2.45) is 11.3 Å². The highest BCUT2D eigenvalue weighted by Gasteiger charge is 2.34. The predicted molar refractivity (Wildman–Crippen MR) is 65.2 cm³/mol. The lowest BCUT2D eigenvalue weighted by Gasteiger charge is -2.22. The summed E-state index contributed by atoms with van der Waals surface area (Å²) in [7, 11) is 0. The lowest BCUT2D eigenvalue weighted by molar-refractivity contribution is -0.128. The molecule has 1 rings (SSSR count). The number of carbonyl (C=O) groups is 1. The second kappa shape index (κ2) is 6.61. The average molecular weight is 238 g/mol. The van der Waals surface area contributed by atoms with Crippen LogP contribution in [-0.2, 0) is 9.53 Å². The van der Waals surface area contributed by atoms with Gasteiger partial charge in [-0.25, -0.2) is 0 Å². The summed E-state index contributed by atoms with van der Waals surface area (Å²) in [6.45, 7) is 5.58. The van der Waals surface area contributed by atoms with Gasteiger partial charge in [-0.1, -0.05) is 13.8 Å². The fourth-order valence-electron chi connectivity index (χ4n) is 1.72. The minimum Gasteiger partial charge on any atom is -0.379 e. The van der Waals surface area contributed by atoms with Gasteiger partial charge in [0, 0.05) is 13.2 Å². The van der Waals surface area contributed by atoms with Crippen molar-refractivity contribution >= 4 is 5.91 Å². The maximum atomic E-state index is 11.9. The van der Waals surface area contributed by atoms with Crippen LogP contribution >= 0.6 is 0 Å². The maximum Gasteiger partial charge on any atom is 0.240 e. The highest BCUT2D eigenvalue weighted by atomic mass is 16.5. The molecule has 1 aliphatic carbocycles. The smallest absolute Gasteiger partial charge is 0.240 e. The molecule has 0 aromatic carbocycles. The van der Waals surface area contributed by atoms with Gasteiger partial charge in [-0.3, -0.25) is 4.79 Å². The van der Waals surface area contributed by atoms with Crippen LogP contribution in [0.4, 0.5) is 0 Å². The van der Waals surface area contributed by atoms with Gasteiger partial charge in [0.15, 0.2) is 0 Å². The first-order valence-corrected chi connectivity index (χ1v) is 6.45. The lowest BCUT2D eigenvalue weighted by Crippen LogP contribution is -2.40. The van der Waals surface area contributed by atoms with E-state index in [9.17, 15) is 4.79 Å². The zero-order valence-electron chi connectivity index (χ0n) is 10.8. The van der Waals surface area contributed by atoms with E-state index in [-0.39, 0.29) is 5.91 Å². The van der Waals surface area contributed by atoms with Gasteiger partial charge in [0.25, 0.3) is 0 Å². The number of carbonyl (C=O) groups excluding carboxylic acids is 1. The number of hydrogen-bond acceptors (Lipinski definition) is 3. The Morgan fingerprint density at radius 2 is 2.12 bits per heavy atom. The molecule has 0 aromatic rings. The zero-order valence-corrected chi connectivity index (χ0v) is 10.8. The Kier molecular flexibility index (Phi) is 5.43. The molecule has 1 saturated carbocycles. The van der Waals surface area contributed by atoms with E-state index < -0.39 is 5.41 Å². The molecule has 1 amide bonds. The van der Waals surface area contributed by atoms with Crippen LogP contribution in [0.5, 0.6) is 0 Å². The molecule has 1 N–H and O–H groups in total. The third-order valence-corrected chi connectivity index (χ3v) is 3.44. The molecule has 0 aromatic heterocycles. The highest BCUT2D eigenvalue weighted by molar-refractivity contribution is 5.85. The largest absolute Gasteiger partial charge is 0.379 e. The van der Waals surface area contributed by atoms with E-state index in [1.54, 1.807) is 0 Å². The van der Waals surface area contributed by atoms with E-state index in [2.05, 4.69) is 11.4 Å². The number of hydrogen-bond donors (Lipinski definition) is 1. The number of nitriles is 1. The third kappa shape index (κ3) is 4.01. The van der Waals surface area contributed by atoms with Gasteiger partial charge in [-0.05, 0) is 31.6 Å². The SMILES string of the molecule is CCC(C#N)(CC)C(=O)NCCOCC1CC1. The van der Waals surface area contributed by atoms with Crippen molar-refractivity contribution in [1.82, 2.24) is 5.32 Å². The van der Waals surface area contributed by atoms with Crippen molar-refractivity contribution in [3.63, 3.8) is 0 Å². The summed E-state index contributed by atoms with van der Waals surface area (Å²) in [6, 6.07) is 2.13. The molecule has 4 nitrogen and oxygen atoms in total. The summed E-state index contributed by atoms with van der Waals surface area (Å²) in [6.07, 6.45) is 3.65. The summed E-state index contributed by atoms with van der Waals surface area (Å²) >= 11 is 0. The fourth-order valence-corrected chi connectivity index (χ4v) is 1.72. The van der Waals surface area contributed by atoms with Crippen molar-refractivity contribution in [3.8, 4) is 6.07 Å². The van der Waals surface area contributed by atoms with E-state index in [1.807, 2.05) is 13.8 Å². The van der Waals surface area contributed by atoms with E-state index in [4.69, 9.17) is 10.00 Å². The first-order valence-electron chi connectivity index (χ1n) is 6.45. The third-order valence-electron chi connectivity index (χ3n) is 3.44. The molecule has 0 saturated heterocycles. The first kappa shape index (κ1) is 14.0. The summed E-state index contributed by atoms with van der Waals surface area (Å²) in [4.78, 5) is 11.9. The summed E-state index contributed by atoms with van der Waals surface area (Å²) in [5.41, 5.74) is -0.865. The van der Waals surface area contributed by atoms with Crippen molar-refractivity contribution in [2.45, 2.75) is 39.5 Å². The quantitative estimate of drug-likeness (QED) is 0.656. The number of ether oxygens (including phenoxy) is 1. The molecule has 0 radical (unpaired) electrons. The number of amides is 1. The molecular weight excluding hydrogens is 216 g/mol. The maximum absolute atomic E-state index is 11.9. The van der Waals surface area contributed by atoms with Crippen molar-refractivity contribution in [1.29, 1.82) is 5.26 Å². The van der Waals surface area contributed by atoms with E-state index in [1.165, 1.54) is 12.8 Å². The van der Waals surface area contributed by atoms with Gasteiger partial charge in [0.1, 0.15) is 5.41 Å². The Morgan fingerprint density at radius 1 is 1.47 bits per heavy atom. The molecule has 96 valence electrons. The zero-order chi connectivity index (χ0) is 12.7. The Labute approximate surface area is 103 Å². The topological polar surface area (TPSA) is 62.1 Å². The van der Waals surface area contributed by atoms with Gasteiger partial charge in [0.05, 0.1) is 12.7 Å². The molecular formula is C13H22N2O2. The van der Waals surface area contributed by atoms with E-state index >= 15 is 0 Å². The monoisotopic (exact) mass is 238 g/mol. The lowest BCUT2D eigenvalue weighted by atomic mass is 9.83. The second-order valence-electron chi connectivity index (χ2n) is 4.68. The second-order valence-corrected chi connectivity index (χ2v) is 4.68. The molecule has 1 fully saturated rings. The molecule has 4 heteroatoms. The number of nitrogens with one attached hydrogen (secondary N) is 1. The molecule has 0 unspecified atom stereocenters. The molecule has 0 bridgehead atoms. The van der Waals surface area contributed by atoms with Crippen molar-refractivity contribution in [3.05, 3.63) is 0 Å². The van der Waals surface area contributed by atoms with Gasteiger partial charge >= 0.3 is 0 Å². The van der Waals surface area contributed by atoms with Crippen LogP contribution in [0, 0.1) is 22.7 Å². The van der Waals surface area contributed by atoms with Crippen LogP contribution in [0.15, 0.2) is 0 Å². The Balaban J connectivity index is 2.19. The molecule has 1 aliphatic rings. The van der Waals surface area contributed by atoms with Crippen LogP contribution in [0.25, 0.3) is 0 Å². The van der Waals surface area contributed by atoms with Crippen LogP contribution in [0.3, 0.4) is 0 Å². The summed E-state index contributed by atoms with van der Waals surface area (Å²) in [5, 5.41) is 11.9. The molecule has 17 heavy (non-hydrogen) atoms. The van der Waals surface area contributed by atoms with Gasteiger partial charge in [0.2, 0.25) is 5.91 Å². The van der Waals surface area contributed by atoms with E-state index in [0.29, 0.717) is 26.0 Å². The summed E-state index contributed by atoms with van der Waals surface area (Å²) < 4.78 is 5.42. The number of rotatable bonds is 8. The first-order chi connectivity index (χ1) is 8.18. The fraction of sp³-hybridized carbons (Fsp3) is 0.846. The highest BCUT2D eigenvalue weighted by Crippen LogP contribution is 2.28. The van der Waals surface area contributed by atoms with Crippen LogP contribution < -0.4 is 5.32 Å². The average Bonchev–Trinajstić information content (AvgIpc) is 3.16. The van der Waals surface area contributed by atoms with Crippen molar-refractivity contribution in [2.75, 3.05) is 19.8 Å². The number of nitrogens with zero attached hydrogens (tertiary/aromatic N) is 1. The van der Waals surface area contributed by atoms with Gasteiger partial charge < -0.3 is 10.1 Å².